The second-order valence-electron chi connectivity index (χ2n) is 10.9. The number of aromatic nitrogens is 2. The largest absolute Gasteiger partial charge is 0.492 e. The summed E-state index contributed by atoms with van der Waals surface area (Å²) in [5.41, 5.74) is 4.06. The average molecular weight is 668 g/mol. The van der Waals surface area contributed by atoms with Gasteiger partial charge in [0.1, 0.15) is 41.6 Å². The SMILES string of the molecule is Cc1c(COc2cc(OCc3cncc(C#N)c3)c(CNC(C)(CO)CO)cc2Cl)cccc1-c1nccc(OCCCO)c1Cl. The quantitative estimate of drug-likeness (QED) is 0.115. The third-order valence-electron chi connectivity index (χ3n) is 7.33. The molecule has 0 saturated carbocycles. The Balaban J connectivity index is 1.58. The lowest BCUT2D eigenvalue weighted by Gasteiger charge is -2.27. The maximum absolute atomic E-state index is 9.74. The van der Waals surface area contributed by atoms with Crippen molar-refractivity contribution in [1.29, 1.82) is 5.26 Å². The molecule has 0 amide bonds. The van der Waals surface area contributed by atoms with E-state index in [1.54, 1.807) is 43.6 Å². The van der Waals surface area contributed by atoms with Crippen molar-refractivity contribution < 1.29 is 29.5 Å². The Labute approximate surface area is 278 Å². The lowest BCUT2D eigenvalue weighted by Crippen LogP contribution is -2.48. The van der Waals surface area contributed by atoms with Crippen LogP contribution in [0.15, 0.2) is 61.1 Å². The van der Waals surface area contributed by atoms with Crippen LogP contribution in [0.3, 0.4) is 0 Å². The lowest BCUT2D eigenvalue weighted by molar-refractivity contribution is 0.103. The van der Waals surface area contributed by atoms with Gasteiger partial charge in [-0.05, 0) is 37.1 Å². The summed E-state index contributed by atoms with van der Waals surface area (Å²) in [7, 11) is 0. The molecule has 10 nitrogen and oxygen atoms in total. The monoisotopic (exact) mass is 666 g/mol. The fraction of sp³-hybridized carbons (Fsp3) is 0.324. The molecule has 4 N–H and O–H groups in total. The van der Waals surface area contributed by atoms with E-state index in [-0.39, 0.29) is 39.6 Å². The highest BCUT2D eigenvalue weighted by atomic mass is 35.5. The highest BCUT2D eigenvalue weighted by Crippen LogP contribution is 2.37. The topological polar surface area (TPSA) is 150 Å². The number of rotatable bonds is 16. The Bertz CT molecular complexity index is 1680. The van der Waals surface area contributed by atoms with E-state index in [9.17, 15) is 15.5 Å². The van der Waals surface area contributed by atoms with Gasteiger partial charge in [-0.25, -0.2) is 0 Å². The molecule has 0 aliphatic rings. The fourth-order valence-corrected chi connectivity index (χ4v) is 4.95. The van der Waals surface area contributed by atoms with E-state index in [4.69, 9.17) is 42.5 Å². The summed E-state index contributed by atoms with van der Waals surface area (Å²) >= 11 is 13.4. The Morgan fingerprint density at radius 2 is 1.72 bits per heavy atom. The first-order valence-corrected chi connectivity index (χ1v) is 15.3. The van der Waals surface area contributed by atoms with Crippen LogP contribution < -0.4 is 19.5 Å². The van der Waals surface area contributed by atoms with Gasteiger partial charge >= 0.3 is 0 Å². The van der Waals surface area contributed by atoms with Gasteiger partial charge in [0.15, 0.2) is 0 Å². The van der Waals surface area contributed by atoms with E-state index in [1.165, 1.54) is 6.20 Å². The van der Waals surface area contributed by atoms with E-state index in [2.05, 4.69) is 21.4 Å². The number of ether oxygens (including phenoxy) is 3. The zero-order valence-electron chi connectivity index (χ0n) is 25.6. The third-order valence-corrected chi connectivity index (χ3v) is 8.00. The van der Waals surface area contributed by atoms with Crippen molar-refractivity contribution in [3.05, 3.63) is 98.9 Å². The Hall–Kier alpha value is -3.95. The smallest absolute Gasteiger partial charge is 0.142 e. The number of aliphatic hydroxyl groups is 3. The first-order valence-electron chi connectivity index (χ1n) is 14.6. The van der Waals surface area contributed by atoms with Gasteiger partial charge in [-0.3, -0.25) is 9.97 Å². The Morgan fingerprint density at radius 3 is 2.46 bits per heavy atom. The van der Waals surface area contributed by atoms with Gasteiger partial charge in [0.05, 0.1) is 41.6 Å². The second-order valence-corrected chi connectivity index (χ2v) is 11.7. The van der Waals surface area contributed by atoms with Crippen LogP contribution in [-0.4, -0.2) is 57.3 Å². The van der Waals surface area contributed by atoms with Crippen LogP contribution in [0.25, 0.3) is 11.3 Å². The molecule has 4 aromatic rings. The lowest BCUT2D eigenvalue weighted by atomic mass is 10.00. The number of nitrogens with zero attached hydrogens (tertiary/aromatic N) is 3. The van der Waals surface area contributed by atoms with E-state index in [0.717, 1.165) is 16.7 Å². The molecule has 0 fully saturated rings. The van der Waals surface area contributed by atoms with E-state index >= 15 is 0 Å². The van der Waals surface area contributed by atoms with Gasteiger partial charge in [0.25, 0.3) is 0 Å². The maximum atomic E-state index is 9.74. The predicted molar refractivity (Wildman–Crippen MR) is 175 cm³/mol. The number of pyridine rings is 2. The van der Waals surface area contributed by atoms with Crippen molar-refractivity contribution in [2.75, 3.05) is 26.4 Å². The summed E-state index contributed by atoms with van der Waals surface area (Å²) in [4.78, 5) is 8.59. The number of hydrogen-bond donors (Lipinski definition) is 4. The number of nitriles is 1. The minimum Gasteiger partial charge on any atom is -0.492 e. The van der Waals surface area contributed by atoms with Crippen molar-refractivity contribution in [3.63, 3.8) is 0 Å². The summed E-state index contributed by atoms with van der Waals surface area (Å²) in [6, 6.07) is 14.6. The Kier molecular flexibility index (Phi) is 12.6. The second kappa shape index (κ2) is 16.6. The molecule has 0 aliphatic heterocycles. The third kappa shape index (κ3) is 8.85. The van der Waals surface area contributed by atoms with Gasteiger partial charge in [-0.2, -0.15) is 5.26 Å². The summed E-state index contributed by atoms with van der Waals surface area (Å²) < 4.78 is 18.1. The molecule has 46 heavy (non-hydrogen) atoms. The number of aliphatic hydroxyl groups excluding tert-OH is 3. The van der Waals surface area contributed by atoms with Crippen molar-refractivity contribution in [2.24, 2.45) is 0 Å². The van der Waals surface area contributed by atoms with Gasteiger partial charge in [0, 0.05) is 67.0 Å². The standard InChI is InChI=1S/C34H36Cl2N4O6/c1-22-25(5-3-6-27(22)33-32(36)29(7-8-39-33)44-10-4-9-41)19-46-31-13-30(45-18-24-11-23(14-37)15-38-16-24)26(12-28(31)35)17-40-34(2,20-42)21-43/h3,5-8,11-13,15-16,40-43H,4,9-10,17-21H2,1-2H3. The van der Waals surface area contributed by atoms with Crippen LogP contribution in [0.5, 0.6) is 17.2 Å². The molecule has 4 rings (SSSR count). The van der Waals surface area contributed by atoms with Gasteiger partial charge in [-0.15, -0.1) is 0 Å². The normalized spacial score (nSPS) is 11.3. The predicted octanol–water partition coefficient (Wildman–Crippen LogP) is 5.38. The number of nitrogens with one attached hydrogen (secondary N) is 1. The molecule has 0 atom stereocenters. The molecule has 2 heterocycles. The average Bonchev–Trinajstić information content (AvgIpc) is 3.07. The Morgan fingerprint density at radius 1 is 0.935 bits per heavy atom. The van der Waals surface area contributed by atoms with Gasteiger partial charge in [0.2, 0.25) is 0 Å². The van der Waals surface area contributed by atoms with Crippen molar-refractivity contribution in [1.82, 2.24) is 15.3 Å². The van der Waals surface area contributed by atoms with E-state index in [0.29, 0.717) is 62.7 Å². The minimum absolute atomic E-state index is 0.0223. The van der Waals surface area contributed by atoms with Crippen molar-refractivity contribution >= 4 is 23.2 Å². The zero-order valence-corrected chi connectivity index (χ0v) is 27.1. The summed E-state index contributed by atoms with van der Waals surface area (Å²) in [6.07, 6.45) is 5.21. The molecule has 0 aliphatic carbocycles. The van der Waals surface area contributed by atoms with Gasteiger partial charge in [-0.1, -0.05) is 41.4 Å². The summed E-state index contributed by atoms with van der Waals surface area (Å²) in [5, 5.41) is 41.7. The van der Waals surface area contributed by atoms with Crippen LogP contribution in [-0.2, 0) is 19.8 Å². The maximum Gasteiger partial charge on any atom is 0.142 e. The molecule has 0 saturated heterocycles. The number of hydrogen-bond acceptors (Lipinski definition) is 10. The molecular formula is C34H36Cl2N4O6. The van der Waals surface area contributed by atoms with Crippen LogP contribution in [0, 0.1) is 18.3 Å². The fourth-order valence-electron chi connectivity index (χ4n) is 4.44. The molecule has 0 radical (unpaired) electrons. The van der Waals surface area contributed by atoms with Crippen LogP contribution in [0.4, 0.5) is 0 Å². The minimum atomic E-state index is -0.921. The highest BCUT2D eigenvalue weighted by Gasteiger charge is 2.23. The first-order chi connectivity index (χ1) is 22.2. The molecule has 2 aromatic heterocycles. The van der Waals surface area contributed by atoms with Crippen LogP contribution >= 0.6 is 23.2 Å². The number of halogens is 2. The van der Waals surface area contributed by atoms with Crippen molar-refractivity contribution in [3.8, 4) is 34.6 Å². The molecule has 12 heteroatoms. The highest BCUT2D eigenvalue weighted by molar-refractivity contribution is 6.34. The first kappa shape index (κ1) is 34.9. The molecule has 0 unspecified atom stereocenters. The van der Waals surface area contributed by atoms with E-state index in [1.807, 2.05) is 25.1 Å². The molecule has 242 valence electrons. The molecular weight excluding hydrogens is 631 g/mol. The summed E-state index contributed by atoms with van der Waals surface area (Å²) in [6.45, 7) is 4.01. The number of benzene rings is 2. The molecule has 0 spiro atoms. The van der Waals surface area contributed by atoms with Crippen LogP contribution in [0.2, 0.25) is 10.0 Å². The summed E-state index contributed by atoms with van der Waals surface area (Å²) in [5.74, 6) is 1.34. The van der Waals surface area contributed by atoms with E-state index < -0.39 is 5.54 Å². The molecule has 0 bridgehead atoms. The van der Waals surface area contributed by atoms with Crippen LogP contribution in [0.1, 0.15) is 41.2 Å². The molecule has 2 aromatic carbocycles. The zero-order chi connectivity index (χ0) is 33.1. The van der Waals surface area contributed by atoms with Crippen molar-refractivity contribution in [2.45, 2.75) is 45.6 Å². The van der Waals surface area contributed by atoms with Gasteiger partial charge < -0.3 is 34.8 Å².